The van der Waals surface area contributed by atoms with E-state index in [1.165, 1.54) is 83.5 Å². The van der Waals surface area contributed by atoms with Gasteiger partial charge >= 0.3 is 5.97 Å². The Morgan fingerprint density at radius 1 is 0.973 bits per heavy atom. The summed E-state index contributed by atoms with van der Waals surface area (Å²) >= 11 is 0. The molecule has 3 heterocycles. The highest BCUT2D eigenvalue weighted by atomic mass is 16.4. The van der Waals surface area contributed by atoms with E-state index in [0.29, 0.717) is 29.3 Å². The molecule has 3 atom stereocenters. The summed E-state index contributed by atoms with van der Waals surface area (Å²) in [7, 11) is 0. The van der Waals surface area contributed by atoms with Crippen molar-refractivity contribution in [2.75, 3.05) is 16.8 Å². The fourth-order valence-corrected chi connectivity index (χ4v) is 7.53. The number of nitrogens with one attached hydrogen (secondary N) is 1. The van der Waals surface area contributed by atoms with Crippen LogP contribution >= 0.6 is 0 Å². The summed E-state index contributed by atoms with van der Waals surface area (Å²) < 4.78 is 2.40. The lowest BCUT2D eigenvalue weighted by molar-refractivity contribution is 0.0684. The molecule has 37 heavy (non-hydrogen) atoms. The molecule has 0 aromatic carbocycles. The summed E-state index contributed by atoms with van der Waals surface area (Å²) in [5.41, 5.74) is 1.44. The van der Waals surface area contributed by atoms with Gasteiger partial charge in [0.1, 0.15) is 5.52 Å². The Morgan fingerprint density at radius 2 is 1.73 bits per heavy atom. The Hall–Kier alpha value is -2.38. The first-order valence-corrected chi connectivity index (χ1v) is 15.0. The van der Waals surface area contributed by atoms with E-state index in [0.717, 1.165) is 36.4 Å². The van der Waals surface area contributed by atoms with Gasteiger partial charge in [-0.05, 0) is 82.0 Å². The van der Waals surface area contributed by atoms with E-state index in [1.54, 1.807) is 0 Å². The van der Waals surface area contributed by atoms with Crippen molar-refractivity contribution in [2.24, 2.45) is 23.7 Å². The number of fused-ring (bicyclic) bond motifs is 2. The predicted molar refractivity (Wildman–Crippen MR) is 146 cm³/mol. The van der Waals surface area contributed by atoms with Crippen molar-refractivity contribution in [3.8, 4) is 0 Å². The largest absolute Gasteiger partial charge is 0.475 e. The number of hydrogen-bond acceptors (Lipinski definition) is 6. The SMILES string of the molecule is CC1CCC(Cn2c(N3CCCC4CCCCC43)nc3nc(C(=O)O)nc(NC(C)C4CCC4)c32)CC1. The molecule has 8 nitrogen and oxygen atoms in total. The number of nitrogens with zero attached hydrogens (tertiary/aromatic N) is 5. The van der Waals surface area contributed by atoms with Crippen molar-refractivity contribution in [3.05, 3.63) is 5.82 Å². The Labute approximate surface area is 220 Å². The summed E-state index contributed by atoms with van der Waals surface area (Å²) in [5.74, 6) is 3.17. The van der Waals surface area contributed by atoms with Gasteiger partial charge in [-0.15, -0.1) is 0 Å². The van der Waals surface area contributed by atoms with Crippen LogP contribution in [0.2, 0.25) is 0 Å². The van der Waals surface area contributed by atoms with Gasteiger partial charge in [-0.25, -0.2) is 14.8 Å². The average molecular weight is 509 g/mol. The zero-order valence-electron chi connectivity index (χ0n) is 22.7. The Kier molecular flexibility index (Phi) is 7.01. The lowest BCUT2D eigenvalue weighted by Gasteiger charge is -2.45. The second-order valence-electron chi connectivity index (χ2n) is 12.6. The van der Waals surface area contributed by atoms with E-state index in [2.05, 4.69) is 38.6 Å². The van der Waals surface area contributed by atoms with Crippen LogP contribution in [0.5, 0.6) is 0 Å². The molecule has 8 heteroatoms. The van der Waals surface area contributed by atoms with Crippen molar-refractivity contribution in [3.63, 3.8) is 0 Å². The summed E-state index contributed by atoms with van der Waals surface area (Å²) in [5, 5.41) is 13.5. The number of imidazole rings is 1. The van der Waals surface area contributed by atoms with Crippen molar-refractivity contribution in [1.29, 1.82) is 0 Å². The molecule has 2 aromatic heterocycles. The zero-order valence-corrected chi connectivity index (χ0v) is 22.7. The van der Waals surface area contributed by atoms with E-state index >= 15 is 0 Å². The molecular formula is C29H44N6O2. The maximum atomic E-state index is 12.0. The van der Waals surface area contributed by atoms with Gasteiger partial charge < -0.3 is 19.9 Å². The van der Waals surface area contributed by atoms with Crippen molar-refractivity contribution in [1.82, 2.24) is 19.5 Å². The Balaban J connectivity index is 1.45. The van der Waals surface area contributed by atoms with Crippen LogP contribution in [0.25, 0.3) is 11.2 Å². The number of carboxylic acids is 1. The van der Waals surface area contributed by atoms with E-state index in [-0.39, 0.29) is 11.9 Å². The van der Waals surface area contributed by atoms with E-state index in [1.807, 2.05) is 0 Å². The second-order valence-corrected chi connectivity index (χ2v) is 12.6. The van der Waals surface area contributed by atoms with Crippen LogP contribution in [-0.2, 0) is 6.54 Å². The molecule has 1 aliphatic heterocycles. The molecule has 1 saturated heterocycles. The molecule has 4 fully saturated rings. The molecule has 3 unspecified atom stereocenters. The molecule has 3 aliphatic carbocycles. The number of carboxylic acid groups (broad SMARTS) is 1. The predicted octanol–water partition coefficient (Wildman–Crippen LogP) is 6.11. The molecule has 6 rings (SSSR count). The molecule has 0 amide bonds. The third-order valence-corrected chi connectivity index (χ3v) is 10.1. The minimum Gasteiger partial charge on any atom is -0.475 e. The normalized spacial score (nSPS) is 29.5. The molecule has 2 aromatic rings. The maximum absolute atomic E-state index is 12.0. The lowest BCUT2D eigenvalue weighted by atomic mass is 9.78. The molecule has 0 radical (unpaired) electrons. The first-order valence-electron chi connectivity index (χ1n) is 15.0. The molecule has 0 bridgehead atoms. The smallest absolute Gasteiger partial charge is 0.374 e. The van der Waals surface area contributed by atoms with Gasteiger partial charge in [0.15, 0.2) is 11.5 Å². The summed E-state index contributed by atoms with van der Waals surface area (Å²) in [6.45, 7) is 6.51. The number of carbonyl (C=O) groups is 1. The van der Waals surface area contributed by atoms with Crippen LogP contribution in [0.15, 0.2) is 0 Å². The summed E-state index contributed by atoms with van der Waals surface area (Å²) in [6, 6.07) is 0.773. The van der Waals surface area contributed by atoms with Crippen LogP contribution in [0.3, 0.4) is 0 Å². The van der Waals surface area contributed by atoms with Crippen LogP contribution in [-0.4, -0.2) is 49.2 Å². The quantitative estimate of drug-likeness (QED) is 0.466. The van der Waals surface area contributed by atoms with E-state index in [4.69, 9.17) is 4.98 Å². The van der Waals surface area contributed by atoms with Crippen LogP contribution in [0, 0.1) is 23.7 Å². The minimum atomic E-state index is -1.09. The molecule has 4 aliphatic rings. The Bertz CT molecular complexity index is 1120. The van der Waals surface area contributed by atoms with Crippen LogP contribution in [0.1, 0.15) is 108 Å². The number of anilines is 2. The summed E-state index contributed by atoms with van der Waals surface area (Å²) in [6.07, 6.45) is 16.4. The molecule has 3 saturated carbocycles. The monoisotopic (exact) mass is 508 g/mol. The standard InChI is InChI=1S/C29H44N6O2/c1-18-12-14-20(15-13-18)17-35-24-25(30-19(2)21-8-5-9-21)31-27(28(36)37)32-26(24)33-29(35)34-16-6-10-22-7-3-4-11-23(22)34/h18-23H,3-17H2,1-2H3,(H,36,37)(H,30,31,32). The highest BCUT2D eigenvalue weighted by Gasteiger charge is 2.37. The molecule has 2 N–H and O–H groups in total. The van der Waals surface area contributed by atoms with Crippen LogP contribution < -0.4 is 10.2 Å². The van der Waals surface area contributed by atoms with Gasteiger partial charge in [0.05, 0.1) is 0 Å². The van der Waals surface area contributed by atoms with Gasteiger partial charge in [-0.1, -0.05) is 39.0 Å². The third-order valence-electron chi connectivity index (χ3n) is 10.1. The second kappa shape index (κ2) is 10.4. The molecular weight excluding hydrogens is 464 g/mol. The number of aromatic nitrogens is 4. The van der Waals surface area contributed by atoms with Gasteiger partial charge in [-0.2, -0.15) is 4.98 Å². The Morgan fingerprint density at radius 3 is 2.46 bits per heavy atom. The topological polar surface area (TPSA) is 96.2 Å². The summed E-state index contributed by atoms with van der Waals surface area (Å²) in [4.78, 5) is 28.8. The van der Waals surface area contributed by atoms with Crippen molar-refractivity contribution < 1.29 is 9.90 Å². The number of piperidine rings is 1. The zero-order chi connectivity index (χ0) is 25.5. The van der Waals surface area contributed by atoms with Gasteiger partial charge in [0.25, 0.3) is 0 Å². The maximum Gasteiger partial charge on any atom is 0.374 e. The third kappa shape index (κ3) is 4.92. The number of hydrogen-bond donors (Lipinski definition) is 2. The van der Waals surface area contributed by atoms with Crippen molar-refractivity contribution >= 4 is 28.9 Å². The number of aromatic carboxylic acids is 1. The first kappa shape index (κ1) is 24.9. The lowest BCUT2D eigenvalue weighted by Crippen LogP contribution is -2.48. The first-order chi connectivity index (χ1) is 18.0. The fraction of sp³-hybridized carbons (Fsp3) is 0.793. The van der Waals surface area contributed by atoms with Crippen LogP contribution in [0.4, 0.5) is 11.8 Å². The van der Waals surface area contributed by atoms with Gasteiger partial charge in [0.2, 0.25) is 11.8 Å². The minimum absolute atomic E-state index is 0.160. The van der Waals surface area contributed by atoms with Gasteiger partial charge in [0, 0.05) is 25.2 Å². The highest BCUT2D eigenvalue weighted by Crippen LogP contribution is 2.41. The van der Waals surface area contributed by atoms with E-state index in [9.17, 15) is 9.90 Å². The average Bonchev–Trinajstić information content (AvgIpc) is 3.22. The van der Waals surface area contributed by atoms with Gasteiger partial charge in [-0.3, -0.25) is 0 Å². The highest BCUT2D eigenvalue weighted by molar-refractivity contribution is 5.91. The molecule has 0 spiro atoms. The van der Waals surface area contributed by atoms with E-state index < -0.39 is 5.97 Å². The molecule has 202 valence electrons. The fourth-order valence-electron chi connectivity index (χ4n) is 7.53. The number of rotatable bonds is 7. The van der Waals surface area contributed by atoms with Crippen molar-refractivity contribution in [2.45, 2.75) is 116 Å².